The van der Waals surface area contributed by atoms with Gasteiger partial charge in [0.25, 0.3) is 0 Å². The first kappa shape index (κ1) is 11.4. The van der Waals surface area contributed by atoms with Crippen LogP contribution in [0.3, 0.4) is 0 Å². The van der Waals surface area contributed by atoms with Crippen LogP contribution in [0.25, 0.3) is 5.69 Å². The highest BCUT2D eigenvalue weighted by Gasteiger charge is 2.08. The third-order valence-electron chi connectivity index (χ3n) is 2.13. The van der Waals surface area contributed by atoms with Crippen molar-refractivity contribution >= 4 is 5.69 Å². The number of ether oxygens (including phenoxy) is 2. The predicted octanol–water partition coefficient (Wildman–Crippen LogP) is 0.875. The lowest BCUT2D eigenvalue weighted by molar-refractivity contribution is 0.143. The number of aromatic nitrogens is 3. The van der Waals surface area contributed by atoms with E-state index in [1.54, 1.807) is 36.4 Å². The molecule has 6 heteroatoms. The van der Waals surface area contributed by atoms with E-state index in [0.717, 1.165) is 0 Å². The summed E-state index contributed by atoms with van der Waals surface area (Å²) < 4.78 is 12.1. The Morgan fingerprint density at radius 2 is 2.29 bits per heavy atom. The number of hydrogen-bond acceptors (Lipinski definition) is 5. The molecule has 0 unspecified atom stereocenters. The van der Waals surface area contributed by atoms with E-state index in [4.69, 9.17) is 15.2 Å². The molecule has 2 N–H and O–H groups in total. The van der Waals surface area contributed by atoms with Crippen molar-refractivity contribution in [2.75, 3.05) is 26.1 Å². The van der Waals surface area contributed by atoms with Crippen LogP contribution in [0.4, 0.5) is 5.69 Å². The van der Waals surface area contributed by atoms with Crippen LogP contribution in [-0.4, -0.2) is 35.1 Å². The molecular formula is C11H14N4O2. The maximum atomic E-state index is 5.70. The average molecular weight is 234 g/mol. The molecule has 6 nitrogen and oxygen atoms in total. The Morgan fingerprint density at radius 3 is 3.00 bits per heavy atom. The van der Waals surface area contributed by atoms with Crippen LogP contribution < -0.4 is 10.5 Å². The number of methoxy groups -OCH3 is 1. The molecule has 17 heavy (non-hydrogen) atoms. The van der Waals surface area contributed by atoms with Gasteiger partial charge in [-0.1, -0.05) is 0 Å². The summed E-state index contributed by atoms with van der Waals surface area (Å²) in [4.78, 5) is 4.14. The van der Waals surface area contributed by atoms with Crippen LogP contribution in [0.15, 0.2) is 30.7 Å². The second kappa shape index (κ2) is 5.31. The third kappa shape index (κ3) is 2.73. The standard InChI is InChI=1S/C11H14N4O2/c1-16-5-6-17-11-10(7-9(12)8-13-11)15-4-2-3-14-15/h2-4,7-8H,5-6,12H2,1H3. The molecule has 2 aromatic rings. The van der Waals surface area contributed by atoms with Crippen molar-refractivity contribution in [3.05, 3.63) is 30.7 Å². The summed E-state index contributed by atoms with van der Waals surface area (Å²) in [6, 6.07) is 3.59. The van der Waals surface area contributed by atoms with E-state index in [2.05, 4.69) is 10.1 Å². The Balaban J connectivity index is 2.25. The summed E-state index contributed by atoms with van der Waals surface area (Å²) in [7, 11) is 1.62. The lowest BCUT2D eigenvalue weighted by Gasteiger charge is -2.10. The fourth-order valence-electron chi connectivity index (χ4n) is 1.36. The van der Waals surface area contributed by atoms with Gasteiger partial charge in [0.1, 0.15) is 12.3 Å². The normalized spacial score (nSPS) is 10.4. The zero-order valence-corrected chi connectivity index (χ0v) is 9.54. The van der Waals surface area contributed by atoms with E-state index in [9.17, 15) is 0 Å². The van der Waals surface area contributed by atoms with E-state index in [1.807, 2.05) is 6.07 Å². The van der Waals surface area contributed by atoms with Gasteiger partial charge < -0.3 is 15.2 Å². The van der Waals surface area contributed by atoms with Crippen molar-refractivity contribution in [3.63, 3.8) is 0 Å². The number of pyridine rings is 1. The summed E-state index contributed by atoms with van der Waals surface area (Å²) in [5.74, 6) is 0.486. The van der Waals surface area contributed by atoms with Gasteiger partial charge in [0.05, 0.1) is 18.5 Å². The molecule has 0 atom stereocenters. The van der Waals surface area contributed by atoms with Crippen molar-refractivity contribution in [2.45, 2.75) is 0 Å². The summed E-state index contributed by atoms with van der Waals surface area (Å²) >= 11 is 0. The maximum absolute atomic E-state index is 5.70. The number of hydrogen-bond donors (Lipinski definition) is 1. The maximum Gasteiger partial charge on any atom is 0.240 e. The quantitative estimate of drug-likeness (QED) is 0.777. The van der Waals surface area contributed by atoms with Crippen molar-refractivity contribution in [3.8, 4) is 11.6 Å². The molecule has 0 spiro atoms. The molecule has 0 aliphatic heterocycles. The molecule has 0 saturated heterocycles. The van der Waals surface area contributed by atoms with Crippen LogP contribution in [0, 0.1) is 0 Å². The zero-order valence-electron chi connectivity index (χ0n) is 9.54. The molecule has 0 aromatic carbocycles. The van der Waals surface area contributed by atoms with Crippen molar-refractivity contribution < 1.29 is 9.47 Å². The van der Waals surface area contributed by atoms with Gasteiger partial charge in [-0.3, -0.25) is 0 Å². The molecule has 2 heterocycles. The second-order valence-corrected chi connectivity index (χ2v) is 3.38. The average Bonchev–Trinajstić information content (AvgIpc) is 2.85. The van der Waals surface area contributed by atoms with E-state index >= 15 is 0 Å². The van der Waals surface area contributed by atoms with Crippen molar-refractivity contribution in [1.29, 1.82) is 0 Å². The summed E-state index contributed by atoms with van der Waals surface area (Å²) in [6.45, 7) is 0.937. The first-order chi connectivity index (χ1) is 8.31. The number of nitrogens with zero attached hydrogens (tertiary/aromatic N) is 3. The van der Waals surface area contributed by atoms with Crippen molar-refractivity contribution in [2.24, 2.45) is 0 Å². The number of anilines is 1. The molecule has 0 radical (unpaired) electrons. The van der Waals surface area contributed by atoms with Crippen LogP contribution in [0.2, 0.25) is 0 Å². The Morgan fingerprint density at radius 1 is 1.41 bits per heavy atom. The van der Waals surface area contributed by atoms with E-state index in [0.29, 0.717) is 30.5 Å². The fourth-order valence-corrected chi connectivity index (χ4v) is 1.36. The van der Waals surface area contributed by atoms with Gasteiger partial charge in [-0.15, -0.1) is 0 Å². The van der Waals surface area contributed by atoms with Gasteiger partial charge >= 0.3 is 0 Å². The summed E-state index contributed by atoms with van der Waals surface area (Å²) in [5.41, 5.74) is 6.98. The van der Waals surface area contributed by atoms with E-state index < -0.39 is 0 Å². The fraction of sp³-hybridized carbons (Fsp3) is 0.273. The molecular weight excluding hydrogens is 220 g/mol. The Labute approximate surface area is 99.0 Å². The zero-order chi connectivity index (χ0) is 12.1. The largest absolute Gasteiger partial charge is 0.474 e. The van der Waals surface area contributed by atoms with Crippen molar-refractivity contribution in [1.82, 2.24) is 14.8 Å². The van der Waals surface area contributed by atoms with E-state index in [1.165, 1.54) is 0 Å². The first-order valence-electron chi connectivity index (χ1n) is 5.18. The smallest absolute Gasteiger partial charge is 0.240 e. The SMILES string of the molecule is COCCOc1ncc(N)cc1-n1cccn1. The number of nitrogens with two attached hydrogens (primary N) is 1. The van der Waals surface area contributed by atoms with Gasteiger partial charge in [0.15, 0.2) is 0 Å². The minimum atomic E-state index is 0.432. The van der Waals surface area contributed by atoms with Crippen LogP contribution >= 0.6 is 0 Å². The highest BCUT2D eigenvalue weighted by Crippen LogP contribution is 2.21. The minimum absolute atomic E-state index is 0.432. The molecule has 0 saturated carbocycles. The molecule has 0 aliphatic rings. The molecule has 2 rings (SSSR count). The van der Waals surface area contributed by atoms with Gasteiger partial charge in [-0.2, -0.15) is 5.10 Å². The Bertz CT molecular complexity index is 470. The highest BCUT2D eigenvalue weighted by atomic mass is 16.5. The molecule has 0 bridgehead atoms. The molecule has 90 valence electrons. The second-order valence-electron chi connectivity index (χ2n) is 3.38. The third-order valence-corrected chi connectivity index (χ3v) is 2.13. The molecule has 0 fully saturated rings. The lowest BCUT2D eigenvalue weighted by atomic mass is 10.3. The number of nitrogen functional groups attached to an aromatic ring is 1. The summed E-state index contributed by atoms with van der Waals surface area (Å²) in [5, 5.41) is 4.13. The molecule has 0 aliphatic carbocycles. The monoisotopic (exact) mass is 234 g/mol. The van der Waals surface area contributed by atoms with Crippen LogP contribution in [0.1, 0.15) is 0 Å². The van der Waals surface area contributed by atoms with Gasteiger partial charge in [0.2, 0.25) is 5.88 Å². The first-order valence-corrected chi connectivity index (χ1v) is 5.18. The Kier molecular flexibility index (Phi) is 3.56. The highest BCUT2D eigenvalue weighted by molar-refractivity contribution is 5.51. The Hall–Kier alpha value is -2.08. The number of rotatable bonds is 5. The molecule has 0 amide bonds. The van der Waals surface area contributed by atoms with Gasteiger partial charge in [-0.05, 0) is 12.1 Å². The lowest BCUT2D eigenvalue weighted by Crippen LogP contribution is -2.09. The predicted molar refractivity (Wildman–Crippen MR) is 63.1 cm³/mol. The van der Waals surface area contributed by atoms with Crippen LogP contribution in [-0.2, 0) is 4.74 Å². The van der Waals surface area contributed by atoms with Gasteiger partial charge in [-0.25, -0.2) is 9.67 Å². The molecule has 2 aromatic heterocycles. The topological polar surface area (TPSA) is 75.2 Å². The summed E-state index contributed by atoms with van der Waals surface area (Å²) in [6.07, 6.45) is 5.04. The van der Waals surface area contributed by atoms with Crippen LogP contribution in [0.5, 0.6) is 5.88 Å². The van der Waals surface area contributed by atoms with E-state index in [-0.39, 0.29) is 0 Å². The minimum Gasteiger partial charge on any atom is -0.474 e. The van der Waals surface area contributed by atoms with Gasteiger partial charge in [0, 0.05) is 19.5 Å².